The van der Waals surface area contributed by atoms with Gasteiger partial charge in [0.2, 0.25) is 0 Å². The number of carbonyl (C=O) groups is 1. The van der Waals surface area contributed by atoms with Gasteiger partial charge in [-0.3, -0.25) is 5.32 Å². The fourth-order valence-corrected chi connectivity index (χ4v) is 2.62. The molecule has 2 amide bonds. The fourth-order valence-electron chi connectivity index (χ4n) is 2.62. The van der Waals surface area contributed by atoms with E-state index in [1.54, 1.807) is 30.1 Å². The van der Waals surface area contributed by atoms with Gasteiger partial charge in [-0.2, -0.15) is 0 Å². The molecule has 122 valence electrons. The van der Waals surface area contributed by atoms with Gasteiger partial charge in [0.05, 0.1) is 0 Å². The van der Waals surface area contributed by atoms with Gasteiger partial charge in [0, 0.05) is 32.3 Å². The maximum Gasteiger partial charge on any atom is 0.322 e. The number of rotatable bonds is 4. The molecule has 0 bridgehead atoms. The van der Waals surface area contributed by atoms with E-state index in [1.165, 1.54) is 5.56 Å². The molecular weight excluding hydrogens is 301 g/mol. The highest BCUT2D eigenvalue weighted by atomic mass is 16.2. The highest BCUT2D eigenvalue weighted by Crippen LogP contribution is 2.19. The van der Waals surface area contributed by atoms with Crippen LogP contribution in [0.1, 0.15) is 17.7 Å². The molecule has 6 nitrogen and oxygen atoms in total. The molecule has 24 heavy (non-hydrogen) atoms. The number of amides is 2. The van der Waals surface area contributed by atoms with Crippen LogP contribution < -0.4 is 16.2 Å². The lowest BCUT2D eigenvalue weighted by molar-refractivity contribution is 0.223. The van der Waals surface area contributed by atoms with E-state index in [1.807, 2.05) is 6.07 Å². The van der Waals surface area contributed by atoms with Crippen LogP contribution in [0.15, 0.2) is 30.3 Å². The standard InChI is InChI=1S/C17H20BN5O/c1-23(17(24)22-15-6-2-5-14(18)21-15)11-9-13-8-7-12-4-3-10-19-16(12)20-13/h2,5-8H,3-4,9-11H2,1H3,(H,19,20)(H,21,22,24). The minimum absolute atomic E-state index is 0.218. The number of aromatic nitrogens is 2. The minimum Gasteiger partial charge on any atom is -0.370 e. The maximum atomic E-state index is 12.2. The van der Waals surface area contributed by atoms with Gasteiger partial charge in [0.1, 0.15) is 19.5 Å². The van der Waals surface area contributed by atoms with Crippen molar-refractivity contribution >= 4 is 31.1 Å². The second kappa shape index (κ2) is 7.34. The molecule has 2 aromatic heterocycles. The average Bonchev–Trinajstić information content (AvgIpc) is 2.59. The summed E-state index contributed by atoms with van der Waals surface area (Å²) in [4.78, 5) is 22.5. The summed E-state index contributed by atoms with van der Waals surface area (Å²) >= 11 is 0. The van der Waals surface area contributed by atoms with E-state index in [0.717, 1.165) is 30.9 Å². The van der Waals surface area contributed by atoms with Crippen LogP contribution >= 0.6 is 0 Å². The van der Waals surface area contributed by atoms with Gasteiger partial charge in [-0.15, -0.1) is 0 Å². The van der Waals surface area contributed by atoms with E-state index in [-0.39, 0.29) is 6.03 Å². The molecule has 0 unspecified atom stereocenters. The predicted octanol–water partition coefficient (Wildman–Crippen LogP) is 1.33. The van der Waals surface area contributed by atoms with Gasteiger partial charge in [-0.05, 0) is 36.1 Å². The smallest absolute Gasteiger partial charge is 0.322 e. The Morgan fingerprint density at radius 2 is 2.21 bits per heavy atom. The predicted molar refractivity (Wildman–Crippen MR) is 96.0 cm³/mol. The van der Waals surface area contributed by atoms with Crippen molar-refractivity contribution in [3.8, 4) is 0 Å². The third-order valence-corrected chi connectivity index (χ3v) is 4.01. The highest BCUT2D eigenvalue weighted by molar-refractivity contribution is 6.30. The molecule has 0 aromatic carbocycles. The molecule has 3 heterocycles. The van der Waals surface area contributed by atoms with Crippen molar-refractivity contribution in [2.75, 3.05) is 30.8 Å². The van der Waals surface area contributed by atoms with Crippen LogP contribution in [0.3, 0.4) is 0 Å². The van der Waals surface area contributed by atoms with Crippen LogP contribution in [-0.2, 0) is 12.8 Å². The van der Waals surface area contributed by atoms with E-state index >= 15 is 0 Å². The summed E-state index contributed by atoms with van der Waals surface area (Å²) in [5, 5.41) is 6.06. The van der Waals surface area contributed by atoms with E-state index in [2.05, 4.69) is 26.7 Å². The molecule has 0 saturated heterocycles. The summed E-state index contributed by atoms with van der Waals surface area (Å²) in [7, 11) is 7.36. The third kappa shape index (κ3) is 4.04. The first-order chi connectivity index (χ1) is 11.6. The minimum atomic E-state index is -0.218. The van der Waals surface area contributed by atoms with Crippen molar-refractivity contribution in [2.45, 2.75) is 19.3 Å². The van der Waals surface area contributed by atoms with E-state index < -0.39 is 0 Å². The van der Waals surface area contributed by atoms with Crippen LogP contribution in [0.4, 0.5) is 16.4 Å². The number of nitrogens with one attached hydrogen (secondary N) is 2. The molecule has 7 heteroatoms. The molecular formula is C17H20BN5O. The van der Waals surface area contributed by atoms with Gasteiger partial charge in [-0.1, -0.05) is 18.2 Å². The Morgan fingerprint density at radius 1 is 1.33 bits per heavy atom. The second-order valence-electron chi connectivity index (χ2n) is 5.89. The zero-order valence-electron chi connectivity index (χ0n) is 13.7. The number of carbonyl (C=O) groups excluding carboxylic acids is 1. The van der Waals surface area contributed by atoms with Crippen LogP contribution in [-0.4, -0.2) is 48.9 Å². The van der Waals surface area contributed by atoms with Crippen LogP contribution in [0.25, 0.3) is 0 Å². The van der Waals surface area contributed by atoms with Gasteiger partial charge in [-0.25, -0.2) is 14.8 Å². The maximum absolute atomic E-state index is 12.2. The van der Waals surface area contributed by atoms with Crippen LogP contribution in [0, 0.1) is 0 Å². The topological polar surface area (TPSA) is 70.2 Å². The van der Waals surface area contributed by atoms with E-state index in [4.69, 9.17) is 7.85 Å². The molecule has 2 aromatic rings. The van der Waals surface area contributed by atoms with Crippen molar-refractivity contribution in [2.24, 2.45) is 0 Å². The Morgan fingerprint density at radius 3 is 3.04 bits per heavy atom. The molecule has 2 N–H and O–H groups in total. The molecule has 0 spiro atoms. The Hall–Kier alpha value is -2.57. The van der Waals surface area contributed by atoms with Crippen molar-refractivity contribution < 1.29 is 4.79 Å². The monoisotopic (exact) mass is 321 g/mol. The summed E-state index contributed by atoms with van der Waals surface area (Å²) in [6.45, 7) is 1.54. The first-order valence-electron chi connectivity index (χ1n) is 8.09. The molecule has 0 atom stereocenters. The number of aryl methyl sites for hydroxylation is 1. The Balaban J connectivity index is 1.55. The Bertz CT molecular complexity index is 737. The summed E-state index contributed by atoms with van der Waals surface area (Å²) < 4.78 is 0. The SMILES string of the molecule is [B]c1cccc(NC(=O)N(C)CCc2ccc3c(n2)NCCC3)n1. The van der Waals surface area contributed by atoms with Gasteiger partial charge < -0.3 is 10.2 Å². The quantitative estimate of drug-likeness (QED) is 0.834. The zero-order valence-corrected chi connectivity index (χ0v) is 13.7. The average molecular weight is 321 g/mol. The lowest BCUT2D eigenvalue weighted by Crippen LogP contribution is -2.33. The van der Waals surface area contributed by atoms with Gasteiger partial charge in [0.25, 0.3) is 0 Å². The van der Waals surface area contributed by atoms with Crippen LogP contribution in [0.2, 0.25) is 0 Å². The summed E-state index contributed by atoms with van der Waals surface area (Å²) in [6.07, 6.45) is 2.92. The number of likely N-dealkylation sites (N-methyl/N-ethyl adjacent to an activating group) is 1. The number of hydrogen-bond acceptors (Lipinski definition) is 4. The molecule has 2 radical (unpaired) electrons. The van der Waals surface area contributed by atoms with E-state index in [0.29, 0.717) is 24.4 Å². The van der Waals surface area contributed by atoms with Crippen molar-refractivity contribution in [3.05, 3.63) is 41.6 Å². The summed E-state index contributed by atoms with van der Waals surface area (Å²) in [6, 6.07) is 9.08. The molecule has 3 rings (SSSR count). The lowest BCUT2D eigenvalue weighted by Gasteiger charge is -2.19. The zero-order chi connectivity index (χ0) is 16.9. The fraction of sp³-hybridized carbons (Fsp3) is 0.353. The lowest BCUT2D eigenvalue weighted by atomic mass is 10.0. The van der Waals surface area contributed by atoms with Gasteiger partial charge in [0.15, 0.2) is 0 Å². The molecule has 1 aliphatic rings. The number of urea groups is 1. The first kappa shape index (κ1) is 16.3. The second-order valence-corrected chi connectivity index (χ2v) is 5.89. The molecule has 0 fully saturated rings. The number of fused-ring (bicyclic) bond motifs is 1. The normalized spacial score (nSPS) is 12.9. The summed E-state index contributed by atoms with van der Waals surface area (Å²) in [5.74, 6) is 1.43. The number of nitrogens with zero attached hydrogens (tertiary/aromatic N) is 3. The van der Waals surface area contributed by atoms with Crippen molar-refractivity contribution in [1.29, 1.82) is 0 Å². The number of anilines is 2. The van der Waals surface area contributed by atoms with Gasteiger partial charge >= 0.3 is 6.03 Å². The van der Waals surface area contributed by atoms with Crippen molar-refractivity contribution in [1.82, 2.24) is 14.9 Å². The molecule has 0 aliphatic carbocycles. The Kier molecular flexibility index (Phi) is 4.98. The largest absolute Gasteiger partial charge is 0.370 e. The van der Waals surface area contributed by atoms with Crippen LogP contribution in [0.5, 0.6) is 0 Å². The third-order valence-electron chi connectivity index (χ3n) is 4.01. The van der Waals surface area contributed by atoms with E-state index in [9.17, 15) is 4.79 Å². The molecule has 1 aliphatic heterocycles. The number of pyridine rings is 2. The first-order valence-corrected chi connectivity index (χ1v) is 8.09. The highest BCUT2D eigenvalue weighted by Gasteiger charge is 2.12. The Labute approximate surface area is 143 Å². The molecule has 0 saturated carbocycles. The summed E-state index contributed by atoms with van der Waals surface area (Å²) in [5.41, 5.74) is 2.62. The van der Waals surface area contributed by atoms with Crippen molar-refractivity contribution in [3.63, 3.8) is 0 Å². The number of hydrogen-bond donors (Lipinski definition) is 2.